The molecular weight excluding hydrogens is 555 g/mol. The molecule has 1 spiro atoms. The van der Waals surface area contributed by atoms with Gasteiger partial charge in [0.15, 0.2) is 11.5 Å². The van der Waals surface area contributed by atoms with Crippen LogP contribution in [-0.4, -0.2) is 40.8 Å². The van der Waals surface area contributed by atoms with Gasteiger partial charge < -0.3 is 24.5 Å². The van der Waals surface area contributed by atoms with E-state index in [1.165, 1.54) is 0 Å². The number of aliphatic hydroxyl groups is 1. The first-order valence-corrected chi connectivity index (χ1v) is 15.7. The second kappa shape index (κ2) is 12.2. The highest BCUT2D eigenvalue weighted by Gasteiger charge is 2.51. The van der Waals surface area contributed by atoms with Crippen LogP contribution in [0.3, 0.4) is 0 Å². The fourth-order valence-electron chi connectivity index (χ4n) is 6.17. The van der Waals surface area contributed by atoms with Gasteiger partial charge in [-0.2, -0.15) is 0 Å². The number of aromatic amines is 1. The zero-order valence-electron chi connectivity index (χ0n) is 24.4. The van der Waals surface area contributed by atoms with Gasteiger partial charge in [0.1, 0.15) is 11.7 Å². The van der Waals surface area contributed by atoms with Crippen LogP contribution in [0.1, 0.15) is 62.5 Å². The highest BCUT2D eigenvalue weighted by Crippen LogP contribution is 2.62. The smallest absolute Gasteiger partial charge is 0.472 e. The minimum absolute atomic E-state index is 0.0319. The number of aromatic nitrogens is 2. The van der Waals surface area contributed by atoms with Crippen molar-refractivity contribution in [3.63, 3.8) is 0 Å². The molecule has 1 aliphatic carbocycles. The predicted octanol–water partition coefficient (Wildman–Crippen LogP) is 6.91. The lowest BCUT2D eigenvalue weighted by Gasteiger charge is -2.42. The summed E-state index contributed by atoms with van der Waals surface area (Å²) in [5.74, 6) is 1.32. The van der Waals surface area contributed by atoms with E-state index >= 15 is 0 Å². The quantitative estimate of drug-likeness (QED) is 0.206. The van der Waals surface area contributed by atoms with Crippen molar-refractivity contribution in [2.24, 2.45) is 11.3 Å². The van der Waals surface area contributed by atoms with Gasteiger partial charge in [-0.1, -0.05) is 69.2 Å². The van der Waals surface area contributed by atoms with Gasteiger partial charge >= 0.3 is 7.82 Å². The van der Waals surface area contributed by atoms with Crippen molar-refractivity contribution in [3.05, 3.63) is 90.0 Å². The van der Waals surface area contributed by atoms with Crippen LogP contribution in [0.5, 0.6) is 11.5 Å². The topological polar surface area (TPSA) is 123 Å². The normalized spacial score (nSPS) is 22.9. The number of nitrogens with zero attached hydrogens (tertiary/aromatic N) is 1. The Morgan fingerprint density at radius 3 is 2.29 bits per heavy atom. The molecule has 3 N–H and O–H groups in total. The molecule has 3 aromatic carbocycles. The first kappa shape index (κ1) is 30.3. The number of rotatable bonds is 6. The summed E-state index contributed by atoms with van der Waals surface area (Å²) in [5.41, 5.74) is 1.19. The van der Waals surface area contributed by atoms with Crippen LogP contribution in [0.4, 0.5) is 0 Å². The minimum atomic E-state index is -3.89. The number of benzene rings is 3. The van der Waals surface area contributed by atoms with Crippen LogP contribution < -0.4 is 9.47 Å². The van der Waals surface area contributed by atoms with Crippen molar-refractivity contribution in [1.82, 2.24) is 9.97 Å². The Labute approximate surface area is 246 Å². The number of phosphoric acid groups is 1. The molecule has 9 nitrogen and oxygen atoms in total. The third-order valence-electron chi connectivity index (χ3n) is 8.54. The first-order chi connectivity index (χ1) is 20.1. The predicted molar refractivity (Wildman–Crippen MR) is 160 cm³/mol. The summed E-state index contributed by atoms with van der Waals surface area (Å²) in [4.78, 5) is 16.7. The van der Waals surface area contributed by atoms with Gasteiger partial charge in [-0.25, -0.2) is 9.55 Å². The van der Waals surface area contributed by atoms with Gasteiger partial charge in [-0.05, 0) is 58.9 Å². The average Bonchev–Trinajstić information content (AvgIpc) is 3.72. The first-order valence-electron chi connectivity index (χ1n) is 14.2. The maximum atomic E-state index is 11.7. The van der Waals surface area contributed by atoms with E-state index in [1.54, 1.807) is 26.7 Å². The summed E-state index contributed by atoms with van der Waals surface area (Å²) in [7, 11) is -0.654. The van der Waals surface area contributed by atoms with Crippen LogP contribution in [0.25, 0.3) is 10.8 Å². The minimum Gasteiger partial charge on any atom is -0.493 e. The molecule has 1 aliphatic heterocycles. The molecule has 0 amide bonds. The molecule has 6 rings (SSSR count). The van der Waals surface area contributed by atoms with E-state index in [0.717, 1.165) is 47.6 Å². The molecular formula is C32H39N2O7P. The van der Waals surface area contributed by atoms with Crippen molar-refractivity contribution < 1.29 is 33.1 Å². The van der Waals surface area contributed by atoms with E-state index in [9.17, 15) is 14.6 Å². The van der Waals surface area contributed by atoms with Crippen molar-refractivity contribution in [2.45, 2.75) is 51.2 Å². The van der Waals surface area contributed by atoms with Gasteiger partial charge in [-0.15, -0.1) is 0 Å². The Kier molecular flexibility index (Phi) is 8.78. The highest BCUT2D eigenvalue weighted by molar-refractivity contribution is 7.47. The molecule has 2 fully saturated rings. The maximum absolute atomic E-state index is 11.7. The largest absolute Gasteiger partial charge is 0.493 e. The van der Waals surface area contributed by atoms with E-state index in [1.807, 2.05) is 74.5 Å². The van der Waals surface area contributed by atoms with Crippen LogP contribution in [0.2, 0.25) is 0 Å². The second-order valence-corrected chi connectivity index (χ2v) is 12.8. The molecule has 224 valence electrons. The van der Waals surface area contributed by atoms with E-state index in [0.29, 0.717) is 23.8 Å². The zero-order chi connectivity index (χ0) is 30.0. The Balaban J connectivity index is 0.000000175. The number of phosphoric ester groups is 1. The number of methoxy groups -OCH3 is 2. The molecule has 10 heteroatoms. The SMILES string of the molecule is COc1cc2ccc([C@](O)(c3cnc[nH]3)C(C)C)cc2cc1OC.O=P1(O)OCC2(CCCC2)[C@@H](c2ccccc2)O1. The van der Waals surface area contributed by atoms with E-state index in [-0.39, 0.29) is 17.4 Å². The number of nitrogens with one attached hydrogen (secondary N) is 1. The molecule has 0 bridgehead atoms. The fourth-order valence-corrected chi connectivity index (χ4v) is 7.26. The Hall–Kier alpha value is -3.20. The van der Waals surface area contributed by atoms with Crippen LogP contribution in [0.15, 0.2) is 73.2 Å². The molecule has 1 saturated heterocycles. The Bertz CT molecular complexity index is 1540. The van der Waals surface area contributed by atoms with Crippen molar-refractivity contribution in [2.75, 3.05) is 20.8 Å². The third-order valence-corrected chi connectivity index (χ3v) is 9.47. The van der Waals surface area contributed by atoms with Gasteiger partial charge in [-0.3, -0.25) is 9.05 Å². The van der Waals surface area contributed by atoms with Gasteiger partial charge in [0, 0.05) is 5.41 Å². The fraction of sp³-hybridized carbons (Fsp3) is 0.406. The summed E-state index contributed by atoms with van der Waals surface area (Å²) >= 11 is 0. The second-order valence-electron chi connectivity index (χ2n) is 11.4. The molecule has 2 heterocycles. The Morgan fingerprint density at radius 2 is 1.69 bits per heavy atom. The molecule has 4 aromatic rings. The van der Waals surface area contributed by atoms with Crippen molar-refractivity contribution >= 4 is 18.6 Å². The monoisotopic (exact) mass is 594 g/mol. The number of fused-ring (bicyclic) bond motifs is 1. The van der Waals surface area contributed by atoms with Gasteiger partial charge in [0.05, 0.1) is 39.0 Å². The molecule has 1 aromatic heterocycles. The lowest BCUT2D eigenvalue weighted by Crippen LogP contribution is -2.36. The highest BCUT2D eigenvalue weighted by atomic mass is 31.2. The maximum Gasteiger partial charge on any atom is 0.472 e. The molecule has 1 saturated carbocycles. The standard InChI is InChI=1S/C19H22N2O3.C13H17O4P/c1-12(2)19(22,18-10-20-11-21-18)15-6-5-13-8-16(23-3)17(24-4)9-14(13)7-15;14-18(15)16-10-13(8-4-5-9-13)12(17-18)11-6-2-1-3-7-11/h5-12,22H,1-4H3,(H,20,21);1-3,6-7,12H,4-5,8-10H2,(H,14,15)/t19-;12-/m01/s1. The van der Waals surface area contributed by atoms with Gasteiger partial charge in [0.2, 0.25) is 0 Å². The average molecular weight is 595 g/mol. The van der Waals surface area contributed by atoms with E-state index < -0.39 is 13.4 Å². The molecule has 1 unspecified atom stereocenters. The molecule has 42 heavy (non-hydrogen) atoms. The summed E-state index contributed by atoms with van der Waals surface area (Å²) < 4.78 is 32.8. The summed E-state index contributed by atoms with van der Waals surface area (Å²) in [6.45, 7) is 4.29. The molecule has 3 atom stereocenters. The summed E-state index contributed by atoms with van der Waals surface area (Å²) in [5, 5.41) is 13.4. The lowest BCUT2D eigenvalue weighted by atomic mass is 9.78. The van der Waals surface area contributed by atoms with E-state index in [4.69, 9.17) is 18.5 Å². The van der Waals surface area contributed by atoms with Crippen LogP contribution in [0, 0.1) is 11.3 Å². The van der Waals surface area contributed by atoms with Crippen LogP contribution >= 0.6 is 7.82 Å². The van der Waals surface area contributed by atoms with Gasteiger partial charge in [0.25, 0.3) is 0 Å². The molecule has 0 radical (unpaired) electrons. The van der Waals surface area contributed by atoms with Crippen molar-refractivity contribution in [3.8, 4) is 11.5 Å². The number of imidazole rings is 1. The van der Waals surface area contributed by atoms with E-state index in [2.05, 4.69) is 9.97 Å². The third kappa shape index (κ3) is 5.85. The molecule has 2 aliphatic rings. The summed E-state index contributed by atoms with van der Waals surface area (Å²) in [6, 6.07) is 19.5. The van der Waals surface area contributed by atoms with Crippen molar-refractivity contribution in [1.29, 1.82) is 0 Å². The zero-order valence-corrected chi connectivity index (χ0v) is 25.3. The number of H-pyrrole nitrogens is 1. The van der Waals surface area contributed by atoms with Crippen LogP contribution in [-0.2, 0) is 19.2 Å². The summed E-state index contributed by atoms with van der Waals surface area (Å²) in [6.07, 6.45) is 7.17. The number of hydrogen-bond acceptors (Lipinski definition) is 7. The number of hydrogen-bond donors (Lipinski definition) is 3. The lowest BCUT2D eigenvalue weighted by molar-refractivity contribution is -0.0635. The number of ether oxygens (including phenoxy) is 2. The Morgan fingerprint density at radius 1 is 1.02 bits per heavy atom.